The van der Waals surface area contributed by atoms with Gasteiger partial charge in [-0.15, -0.1) is 5.10 Å². The number of rotatable bonds is 2. The number of benzene rings is 1. The summed E-state index contributed by atoms with van der Waals surface area (Å²) in [5, 5.41) is 16.5. The Balaban J connectivity index is 2.23. The third kappa shape index (κ3) is 3.08. The fraction of sp³-hybridized carbons (Fsp3) is 0.267. The van der Waals surface area contributed by atoms with Crippen LogP contribution in [0.25, 0.3) is 0 Å². The van der Waals surface area contributed by atoms with E-state index in [4.69, 9.17) is 10.00 Å². The summed E-state index contributed by atoms with van der Waals surface area (Å²) in [4.78, 5) is 0. The molecule has 0 aliphatic rings. The molecule has 0 N–H and O–H groups in total. The lowest BCUT2D eigenvalue weighted by atomic mass is 9.87. The minimum atomic E-state index is 0.100. The predicted molar refractivity (Wildman–Crippen MR) is 72.0 cm³/mol. The van der Waals surface area contributed by atoms with Crippen molar-refractivity contribution in [2.24, 2.45) is 0 Å². The van der Waals surface area contributed by atoms with Crippen LogP contribution >= 0.6 is 0 Å². The molecule has 19 heavy (non-hydrogen) atoms. The van der Waals surface area contributed by atoms with Crippen LogP contribution in [-0.2, 0) is 5.41 Å². The van der Waals surface area contributed by atoms with Gasteiger partial charge in [0.25, 0.3) is 5.88 Å². The highest BCUT2D eigenvalue weighted by molar-refractivity contribution is 5.40. The quantitative estimate of drug-likeness (QED) is 0.822. The molecular weight excluding hydrogens is 238 g/mol. The Labute approximate surface area is 112 Å². The largest absolute Gasteiger partial charge is 0.437 e. The van der Waals surface area contributed by atoms with Crippen LogP contribution in [0.3, 0.4) is 0 Å². The summed E-state index contributed by atoms with van der Waals surface area (Å²) in [5.41, 5.74) is 1.69. The summed E-state index contributed by atoms with van der Waals surface area (Å²) in [7, 11) is 0. The molecule has 1 aromatic carbocycles. The Bertz CT molecular complexity index is 607. The van der Waals surface area contributed by atoms with E-state index in [0.717, 1.165) is 0 Å². The minimum Gasteiger partial charge on any atom is -0.437 e. The molecule has 0 radical (unpaired) electrons. The highest BCUT2D eigenvalue weighted by Crippen LogP contribution is 2.26. The molecule has 0 unspecified atom stereocenters. The average molecular weight is 253 g/mol. The lowest BCUT2D eigenvalue weighted by Crippen LogP contribution is -2.10. The molecule has 0 aliphatic carbocycles. The lowest BCUT2D eigenvalue weighted by Gasteiger charge is -2.19. The van der Waals surface area contributed by atoms with Gasteiger partial charge in [0.05, 0.1) is 6.20 Å². The van der Waals surface area contributed by atoms with Crippen LogP contribution in [0.1, 0.15) is 31.9 Å². The molecule has 2 rings (SSSR count). The molecule has 0 saturated heterocycles. The van der Waals surface area contributed by atoms with Gasteiger partial charge in [-0.05, 0) is 29.2 Å². The van der Waals surface area contributed by atoms with Crippen LogP contribution in [-0.4, -0.2) is 10.2 Å². The zero-order valence-electron chi connectivity index (χ0n) is 11.2. The number of ether oxygens (including phenoxy) is 1. The van der Waals surface area contributed by atoms with Crippen molar-refractivity contribution >= 4 is 0 Å². The zero-order chi connectivity index (χ0) is 13.9. The number of nitrogens with zero attached hydrogens (tertiary/aromatic N) is 3. The summed E-state index contributed by atoms with van der Waals surface area (Å²) in [6.07, 6.45) is 1.47. The van der Waals surface area contributed by atoms with Crippen LogP contribution in [0.2, 0.25) is 0 Å². The summed E-state index contributed by atoms with van der Waals surface area (Å²) >= 11 is 0. The van der Waals surface area contributed by atoms with Crippen molar-refractivity contribution in [3.05, 3.63) is 47.7 Å². The molecule has 2 aromatic rings. The first-order valence-electron chi connectivity index (χ1n) is 6.01. The third-order valence-corrected chi connectivity index (χ3v) is 2.74. The Kier molecular flexibility index (Phi) is 3.48. The van der Waals surface area contributed by atoms with Crippen LogP contribution in [0.5, 0.6) is 11.6 Å². The maximum Gasteiger partial charge on any atom is 0.256 e. The minimum absolute atomic E-state index is 0.100. The average Bonchev–Trinajstić information content (AvgIpc) is 2.39. The maximum atomic E-state index is 8.95. The lowest BCUT2D eigenvalue weighted by molar-refractivity contribution is 0.452. The van der Waals surface area contributed by atoms with Gasteiger partial charge >= 0.3 is 0 Å². The van der Waals surface area contributed by atoms with E-state index >= 15 is 0 Å². The molecule has 0 aliphatic heterocycles. The van der Waals surface area contributed by atoms with Gasteiger partial charge < -0.3 is 4.74 Å². The van der Waals surface area contributed by atoms with Crippen molar-refractivity contribution in [2.45, 2.75) is 26.2 Å². The van der Waals surface area contributed by atoms with Crippen LogP contribution in [0, 0.1) is 11.3 Å². The zero-order valence-corrected chi connectivity index (χ0v) is 11.2. The van der Waals surface area contributed by atoms with Gasteiger partial charge in [-0.2, -0.15) is 10.4 Å². The molecule has 0 bridgehead atoms. The van der Waals surface area contributed by atoms with Gasteiger partial charge in [0.2, 0.25) is 0 Å². The smallest absolute Gasteiger partial charge is 0.256 e. The normalized spacial score (nSPS) is 10.8. The number of hydrogen-bond acceptors (Lipinski definition) is 4. The molecule has 0 saturated carbocycles. The van der Waals surface area contributed by atoms with Crippen molar-refractivity contribution in [3.63, 3.8) is 0 Å². The van der Waals surface area contributed by atoms with Crippen molar-refractivity contribution < 1.29 is 4.74 Å². The molecule has 0 amide bonds. The van der Waals surface area contributed by atoms with Gasteiger partial charge in [-0.3, -0.25) is 0 Å². The van der Waals surface area contributed by atoms with Crippen molar-refractivity contribution in [1.82, 2.24) is 10.2 Å². The second-order valence-electron chi connectivity index (χ2n) is 5.24. The van der Waals surface area contributed by atoms with Crippen LogP contribution in [0.15, 0.2) is 36.5 Å². The SMILES string of the molecule is CC(C)(C)c1ccc(Oc2nnccc2C#N)cc1. The van der Waals surface area contributed by atoms with E-state index in [-0.39, 0.29) is 11.3 Å². The fourth-order valence-corrected chi connectivity index (χ4v) is 1.61. The highest BCUT2D eigenvalue weighted by Gasteiger charge is 2.13. The molecule has 96 valence electrons. The molecule has 1 heterocycles. The second kappa shape index (κ2) is 5.07. The Morgan fingerprint density at radius 2 is 1.79 bits per heavy atom. The standard InChI is InChI=1S/C15H15N3O/c1-15(2,3)12-4-6-13(7-5-12)19-14-11(10-16)8-9-17-18-14/h4-9H,1-3H3. The van der Waals surface area contributed by atoms with Gasteiger partial charge in [0.1, 0.15) is 17.4 Å². The van der Waals surface area contributed by atoms with Gasteiger partial charge in [-0.25, -0.2) is 0 Å². The molecule has 1 aromatic heterocycles. The summed E-state index contributed by atoms with van der Waals surface area (Å²) in [6.45, 7) is 6.46. The van der Waals surface area contributed by atoms with Crippen LogP contribution in [0.4, 0.5) is 0 Å². The van der Waals surface area contributed by atoms with Gasteiger partial charge in [0, 0.05) is 0 Å². The molecule has 0 spiro atoms. The van der Waals surface area contributed by atoms with E-state index in [1.807, 2.05) is 30.3 Å². The molecule has 4 nitrogen and oxygen atoms in total. The van der Waals surface area contributed by atoms with Crippen molar-refractivity contribution in [2.75, 3.05) is 0 Å². The Morgan fingerprint density at radius 1 is 1.11 bits per heavy atom. The monoisotopic (exact) mass is 253 g/mol. The van der Waals surface area contributed by atoms with Gasteiger partial charge in [0.15, 0.2) is 0 Å². The third-order valence-electron chi connectivity index (χ3n) is 2.74. The summed E-state index contributed by atoms with van der Waals surface area (Å²) in [6, 6.07) is 11.4. The maximum absolute atomic E-state index is 8.95. The Morgan fingerprint density at radius 3 is 2.37 bits per heavy atom. The van der Waals surface area contributed by atoms with E-state index in [1.54, 1.807) is 6.07 Å². The van der Waals surface area contributed by atoms with E-state index in [2.05, 4.69) is 31.0 Å². The van der Waals surface area contributed by atoms with Gasteiger partial charge in [-0.1, -0.05) is 32.9 Å². The number of aromatic nitrogens is 2. The molecule has 0 fully saturated rings. The van der Waals surface area contributed by atoms with E-state index in [0.29, 0.717) is 11.3 Å². The molecule has 0 atom stereocenters. The van der Waals surface area contributed by atoms with E-state index in [1.165, 1.54) is 11.8 Å². The summed E-state index contributed by atoms with van der Waals surface area (Å²) in [5.74, 6) is 0.874. The van der Waals surface area contributed by atoms with Crippen LogP contribution < -0.4 is 4.74 Å². The number of nitriles is 1. The Hall–Kier alpha value is -2.41. The highest BCUT2D eigenvalue weighted by atomic mass is 16.5. The first-order chi connectivity index (χ1) is 9.00. The van der Waals surface area contributed by atoms with Crippen molar-refractivity contribution in [3.8, 4) is 17.7 Å². The molecule has 4 heteroatoms. The summed E-state index contributed by atoms with van der Waals surface area (Å²) < 4.78 is 5.57. The first-order valence-corrected chi connectivity index (χ1v) is 6.01. The fourth-order valence-electron chi connectivity index (χ4n) is 1.61. The van der Waals surface area contributed by atoms with E-state index in [9.17, 15) is 0 Å². The predicted octanol–water partition coefficient (Wildman–Crippen LogP) is 3.44. The van der Waals surface area contributed by atoms with E-state index < -0.39 is 0 Å². The topological polar surface area (TPSA) is 58.8 Å². The second-order valence-corrected chi connectivity index (χ2v) is 5.24. The molecular formula is C15H15N3O. The van der Waals surface area contributed by atoms with Crippen molar-refractivity contribution in [1.29, 1.82) is 5.26 Å². The first kappa shape index (κ1) is 13.0. The number of hydrogen-bond donors (Lipinski definition) is 0.